The van der Waals surface area contributed by atoms with Gasteiger partial charge in [0, 0.05) is 11.5 Å². The molecule has 1 aliphatic heterocycles. The van der Waals surface area contributed by atoms with E-state index in [1.807, 2.05) is 32.0 Å². The van der Waals surface area contributed by atoms with Crippen molar-refractivity contribution in [3.05, 3.63) is 23.8 Å². The zero-order chi connectivity index (χ0) is 10.8. The summed E-state index contributed by atoms with van der Waals surface area (Å²) >= 11 is 0. The van der Waals surface area contributed by atoms with Gasteiger partial charge in [0.1, 0.15) is 6.29 Å². The van der Waals surface area contributed by atoms with E-state index in [9.17, 15) is 4.79 Å². The molecule has 0 radical (unpaired) electrons. The molecule has 0 fully saturated rings. The fourth-order valence-electron chi connectivity index (χ4n) is 1.80. The third kappa shape index (κ3) is 1.69. The minimum absolute atomic E-state index is 0.123. The van der Waals surface area contributed by atoms with Gasteiger partial charge in [-0.1, -0.05) is 26.0 Å². The molecule has 0 saturated heterocycles. The molecule has 1 atom stereocenters. The van der Waals surface area contributed by atoms with Crippen LogP contribution in [0.25, 0.3) is 0 Å². The van der Waals surface area contributed by atoms with E-state index in [4.69, 9.17) is 9.47 Å². The number of benzene rings is 1. The molecule has 1 aromatic rings. The Morgan fingerprint density at radius 1 is 1.33 bits per heavy atom. The van der Waals surface area contributed by atoms with Gasteiger partial charge in [-0.15, -0.1) is 0 Å². The van der Waals surface area contributed by atoms with Crippen LogP contribution in [0.2, 0.25) is 0 Å². The number of aldehydes is 1. The van der Waals surface area contributed by atoms with Crippen LogP contribution in [0, 0.1) is 5.92 Å². The van der Waals surface area contributed by atoms with E-state index in [0.717, 1.165) is 23.3 Å². The second-order valence-electron chi connectivity index (χ2n) is 3.99. The minimum atomic E-state index is -0.123. The molecule has 3 nitrogen and oxygen atoms in total. The van der Waals surface area contributed by atoms with Crippen molar-refractivity contribution in [2.75, 3.05) is 6.79 Å². The lowest BCUT2D eigenvalue weighted by atomic mass is 9.89. The van der Waals surface area contributed by atoms with Crippen LogP contribution < -0.4 is 9.47 Å². The maximum Gasteiger partial charge on any atom is 0.231 e. The number of ether oxygens (including phenoxy) is 2. The molecule has 0 aromatic heterocycles. The molecule has 0 saturated carbocycles. The maximum atomic E-state index is 11.1. The van der Waals surface area contributed by atoms with E-state index in [1.165, 1.54) is 0 Å². The predicted molar refractivity (Wildman–Crippen MR) is 56.2 cm³/mol. The normalized spacial score (nSPS) is 15.4. The van der Waals surface area contributed by atoms with Gasteiger partial charge in [0.2, 0.25) is 6.79 Å². The van der Waals surface area contributed by atoms with Crippen molar-refractivity contribution in [3.8, 4) is 11.5 Å². The largest absolute Gasteiger partial charge is 0.454 e. The summed E-state index contributed by atoms with van der Waals surface area (Å²) < 4.78 is 10.7. The molecule has 0 spiro atoms. The summed E-state index contributed by atoms with van der Waals surface area (Å²) in [5.74, 6) is 1.60. The van der Waals surface area contributed by atoms with Crippen LogP contribution in [-0.2, 0) is 4.79 Å². The lowest BCUT2D eigenvalue weighted by Crippen LogP contribution is -2.09. The summed E-state index contributed by atoms with van der Waals surface area (Å²) in [7, 11) is 0. The first-order valence-electron chi connectivity index (χ1n) is 5.08. The number of carbonyl (C=O) groups excluding carboxylic acids is 1. The molecule has 3 heteroatoms. The SMILES string of the molecule is CC(C)C(C=O)c1cccc2c1OCO2. The summed E-state index contributed by atoms with van der Waals surface area (Å²) in [6, 6.07) is 5.67. The van der Waals surface area contributed by atoms with Crippen molar-refractivity contribution in [2.45, 2.75) is 19.8 Å². The summed E-state index contributed by atoms with van der Waals surface area (Å²) in [4.78, 5) is 11.1. The topological polar surface area (TPSA) is 35.5 Å². The molecule has 0 bridgehead atoms. The average Bonchev–Trinajstić information content (AvgIpc) is 2.66. The lowest BCUT2D eigenvalue weighted by Gasteiger charge is -2.16. The fourth-order valence-corrected chi connectivity index (χ4v) is 1.80. The zero-order valence-electron chi connectivity index (χ0n) is 8.90. The Morgan fingerprint density at radius 3 is 2.80 bits per heavy atom. The summed E-state index contributed by atoms with van der Waals surface area (Å²) in [5, 5.41) is 0. The average molecular weight is 206 g/mol. The van der Waals surface area contributed by atoms with E-state index in [2.05, 4.69) is 0 Å². The Bertz CT molecular complexity index is 371. The molecular weight excluding hydrogens is 192 g/mol. The number of fused-ring (bicyclic) bond motifs is 1. The first-order chi connectivity index (χ1) is 7.24. The van der Waals surface area contributed by atoms with Crippen LogP contribution in [-0.4, -0.2) is 13.1 Å². The first kappa shape index (κ1) is 10.0. The summed E-state index contributed by atoms with van der Waals surface area (Å²) in [6.07, 6.45) is 0.974. The Balaban J connectivity index is 2.43. The summed E-state index contributed by atoms with van der Waals surface area (Å²) in [5.41, 5.74) is 0.926. The highest BCUT2D eigenvalue weighted by atomic mass is 16.7. The highest BCUT2D eigenvalue weighted by Crippen LogP contribution is 2.40. The van der Waals surface area contributed by atoms with Crippen molar-refractivity contribution in [2.24, 2.45) is 5.92 Å². The third-order valence-corrected chi connectivity index (χ3v) is 2.65. The molecular formula is C12H14O3. The van der Waals surface area contributed by atoms with E-state index < -0.39 is 0 Å². The molecule has 1 unspecified atom stereocenters. The summed E-state index contributed by atoms with van der Waals surface area (Å²) in [6.45, 7) is 4.29. The minimum Gasteiger partial charge on any atom is -0.454 e. The van der Waals surface area contributed by atoms with E-state index in [-0.39, 0.29) is 18.6 Å². The van der Waals surface area contributed by atoms with Gasteiger partial charge in [0.15, 0.2) is 11.5 Å². The standard InChI is InChI=1S/C12H14O3/c1-8(2)10(6-13)9-4-3-5-11-12(9)15-7-14-11/h3-6,8,10H,7H2,1-2H3. The van der Waals surface area contributed by atoms with Crippen LogP contribution in [0.15, 0.2) is 18.2 Å². The van der Waals surface area contributed by atoms with E-state index >= 15 is 0 Å². The number of rotatable bonds is 3. The number of hydrogen-bond donors (Lipinski definition) is 0. The fraction of sp³-hybridized carbons (Fsp3) is 0.417. The number of para-hydroxylation sites is 1. The van der Waals surface area contributed by atoms with Crippen molar-refractivity contribution in [1.29, 1.82) is 0 Å². The molecule has 2 rings (SSSR count). The molecule has 15 heavy (non-hydrogen) atoms. The van der Waals surface area contributed by atoms with Gasteiger partial charge in [-0.2, -0.15) is 0 Å². The van der Waals surface area contributed by atoms with Gasteiger partial charge in [-0.25, -0.2) is 0 Å². The first-order valence-corrected chi connectivity index (χ1v) is 5.08. The highest BCUT2D eigenvalue weighted by molar-refractivity contribution is 5.67. The van der Waals surface area contributed by atoms with Crippen molar-refractivity contribution < 1.29 is 14.3 Å². The van der Waals surface area contributed by atoms with Crippen LogP contribution in [0.3, 0.4) is 0 Å². The number of carbonyl (C=O) groups is 1. The van der Waals surface area contributed by atoms with Crippen molar-refractivity contribution >= 4 is 6.29 Å². The molecule has 1 heterocycles. The van der Waals surface area contributed by atoms with Crippen LogP contribution in [0.4, 0.5) is 0 Å². The van der Waals surface area contributed by atoms with Gasteiger partial charge < -0.3 is 14.3 Å². The molecule has 1 aromatic carbocycles. The van der Waals surface area contributed by atoms with Crippen LogP contribution in [0.1, 0.15) is 25.3 Å². The van der Waals surface area contributed by atoms with E-state index in [1.54, 1.807) is 0 Å². The molecule has 0 N–H and O–H groups in total. The quantitative estimate of drug-likeness (QED) is 0.712. The third-order valence-electron chi connectivity index (χ3n) is 2.65. The number of hydrogen-bond acceptors (Lipinski definition) is 3. The van der Waals surface area contributed by atoms with Crippen molar-refractivity contribution in [3.63, 3.8) is 0 Å². The molecule has 0 aliphatic carbocycles. The Morgan fingerprint density at radius 2 is 2.13 bits per heavy atom. The maximum absolute atomic E-state index is 11.1. The Labute approximate surface area is 89.0 Å². The van der Waals surface area contributed by atoms with Gasteiger partial charge in [-0.05, 0) is 12.0 Å². The van der Waals surface area contributed by atoms with Gasteiger partial charge in [0.25, 0.3) is 0 Å². The van der Waals surface area contributed by atoms with Crippen LogP contribution >= 0.6 is 0 Å². The monoisotopic (exact) mass is 206 g/mol. The highest BCUT2D eigenvalue weighted by Gasteiger charge is 2.24. The van der Waals surface area contributed by atoms with Crippen molar-refractivity contribution in [1.82, 2.24) is 0 Å². The van der Waals surface area contributed by atoms with Gasteiger partial charge in [0.05, 0.1) is 0 Å². The molecule has 1 aliphatic rings. The predicted octanol–water partition coefficient (Wildman–Crippen LogP) is 2.35. The van der Waals surface area contributed by atoms with Crippen LogP contribution in [0.5, 0.6) is 11.5 Å². The second-order valence-corrected chi connectivity index (χ2v) is 3.99. The smallest absolute Gasteiger partial charge is 0.231 e. The van der Waals surface area contributed by atoms with Gasteiger partial charge >= 0.3 is 0 Å². The van der Waals surface area contributed by atoms with E-state index in [0.29, 0.717) is 0 Å². The zero-order valence-corrected chi connectivity index (χ0v) is 8.90. The molecule has 0 amide bonds. The molecule has 80 valence electrons. The lowest BCUT2D eigenvalue weighted by molar-refractivity contribution is -0.109. The second kappa shape index (κ2) is 3.93. The van der Waals surface area contributed by atoms with Gasteiger partial charge in [-0.3, -0.25) is 0 Å². The Hall–Kier alpha value is -1.51. The Kier molecular flexibility index (Phi) is 2.62.